The summed E-state index contributed by atoms with van der Waals surface area (Å²) in [5.74, 6) is 1.32. The van der Waals surface area contributed by atoms with Gasteiger partial charge in [0.25, 0.3) is 5.91 Å². The quantitative estimate of drug-likeness (QED) is 0.540. The maximum Gasteiger partial charge on any atom is 0.251 e. The Hall–Kier alpha value is -2.57. The van der Waals surface area contributed by atoms with E-state index in [2.05, 4.69) is 25.8 Å². The average molecular weight is 359 g/mol. The molecule has 1 fully saturated rings. The first-order chi connectivity index (χ1) is 12.6. The van der Waals surface area contributed by atoms with Gasteiger partial charge in [-0.1, -0.05) is 12.1 Å². The van der Waals surface area contributed by atoms with E-state index in [-0.39, 0.29) is 11.8 Å². The highest BCUT2D eigenvalue weighted by Gasteiger charge is 2.23. The van der Waals surface area contributed by atoms with Gasteiger partial charge in [0.2, 0.25) is 5.91 Å². The maximum atomic E-state index is 11.7. The Labute approximate surface area is 155 Å². The number of guanidine groups is 1. The van der Waals surface area contributed by atoms with Gasteiger partial charge in [-0.3, -0.25) is 14.6 Å². The van der Waals surface area contributed by atoms with E-state index in [1.165, 1.54) is 0 Å². The minimum absolute atomic E-state index is 0.0885. The van der Waals surface area contributed by atoms with E-state index in [9.17, 15) is 9.59 Å². The van der Waals surface area contributed by atoms with Crippen molar-refractivity contribution in [2.24, 2.45) is 10.9 Å². The van der Waals surface area contributed by atoms with Crippen LogP contribution in [0.15, 0.2) is 29.3 Å². The lowest BCUT2D eigenvalue weighted by Gasteiger charge is -2.34. The number of nitrogens with zero attached hydrogens (tertiary/aromatic N) is 2. The van der Waals surface area contributed by atoms with Crippen LogP contribution in [0.5, 0.6) is 0 Å². The molecular formula is C19H29N5O2. The molecule has 1 heterocycles. The first-order valence-electron chi connectivity index (χ1n) is 9.04. The molecule has 7 nitrogen and oxygen atoms in total. The van der Waals surface area contributed by atoms with Crippen LogP contribution in [0.1, 0.15) is 35.2 Å². The standard InChI is InChI=1S/C19H29N5O2/c1-20-17(25)12-14-7-9-24(10-8-14)19(22-3)23-13-15-5-4-6-16(11-15)18(26)21-2/h4-6,11,14H,7-10,12-13H2,1-3H3,(H,20,25)(H,21,26)(H,22,23). The van der Waals surface area contributed by atoms with Crippen molar-refractivity contribution >= 4 is 17.8 Å². The van der Waals surface area contributed by atoms with Gasteiger partial charge < -0.3 is 20.9 Å². The Morgan fingerprint density at radius 2 is 1.92 bits per heavy atom. The van der Waals surface area contributed by atoms with Crippen molar-refractivity contribution in [3.05, 3.63) is 35.4 Å². The van der Waals surface area contributed by atoms with Crippen LogP contribution >= 0.6 is 0 Å². The lowest BCUT2D eigenvalue weighted by atomic mass is 9.93. The summed E-state index contributed by atoms with van der Waals surface area (Å²) in [5, 5.41) is 8.70. The number of amides is 2. The minimum atomic E-state index is -0.0885. The van der Waals surface area contributed by atoms with Gasteiger partial charge in [-0.25, -0.2) is 0 Å². The number of piperidine rings is 1. The summed E-state index contributed by atoms with van der Waals surface area (Å²) in [5.41, 5.74) is 1.68. The van der Waals surface area contributed by atoms with E-state index < -0.39 is 0 Å². The van der Waals surface area contributed by atoms with Crippen LogP contribution in [0.3, 0.4) is 0 Å². The Morgan fingerprint density at radius 1 is 1.19 bits per heavy atom. The summed E-state index contributed by atoms with van der Waals surface area (Å²) < 4.78 is 0. The number of carbonyl (C=O) groups is 2. The second-order valence-electron chi connectivity index (χ2n) is 6.49. The molecule has 2 amide bonds. The first-order valence-corrected chi connectivity index (χ1v) is 9.04. The minimum Gasteiger partial charge on any atom is -0.359 e. The summed E-state index contributed by atoms with van der Waals surface area (Å²) in [6.07, 6.45) is 2.57. The van der Waals surface area contributed by atoms with Gasteiger partial charge in [0.1, 0.15) is 0 Å². The fraction of sp³-hybridized carbons (Fsp3) is 0.526. The molecule has 1 aliphatic rings. The molecule has 1 aromatic carbocycles. The molecule has 0 aromatic heterocycles. The molecule has 3 N–H and O–H groups in total. The van der Waals surface area contributed by atoms with Gasteiger partial charge in [0.15, 0.2) is 5.96 Å². The molecule has 7 heteroatoms. The van der Waals surface area contributed by atoms with Crippen LogP contribution < -0.4 is 16.0 Å². The Kier molecular flexibility index (Phi) is 7.44. The fourth-order valence-corrected chi connectivity index (χ4v) is 3.19. The fourth-order valence-electron chi connectivity index (χ4n) is 3.19. The topological polar surface area (TPSA) is 85.8 Å². The predicted molar refractivity (Wildman–Crippen MR) is 103 cm³/mol. The molecule has 2 rings (SSSR count). The number of likely N-dealkylation sites (tertiary alicyclic amines) is 1. The number of hydrogen-bond donors (Lipinski definition) is 3. The van der Waals surface area contributed by atoms with Gasteiger partial charge in [-0.15, -0.1) is 0 Å². The second kappa shape index (κ2) is 9.79. The van der Waals surface area contributed by atoms with Gasteiger partial charge in [-0.2, -0.15) is 0 Å². The van der Waals surface area contributed by atoms with Crippen molar-refractivity contribution in [3.8, 4) is 0 Å². The van der Waals surface area contributed by atoms with Crippen LogP contribution in [0.2, 0.25) is 0 Å². The normalized spacial score (nSPS) is 15.5. The third kappa shape index (κ3) is 5.47. The molecule has 142 valence electrons. The van der Waals surface area contributed by atoms with Crippen molar-refractivity contribution in [2.45, 2.75) is 25.8 Å². The molecule has 0 spiro atoms. The molecule has 0 radical (unpaired) electrons. The second-order valence-corrected chi connectivity index (χ2v) is 6.49. The molecular weight excluding hydrogens is 330 g/mol. The van der Waals surface area contributed by atoms with Crippen LogP contribution in [0.4, 0.5) is 0 Å². The highest BCUT2D eigenvalue weighted by Crippen LogP contribution is 2.20. The summed E-state index contributed by atoms with van der Waals surface area (Å²) in [4.78, 5) is 29.9. The van der Waals surface area contributed by atoms with E-state index in [0.717, 1.165) is 37.5 Å². The number of aliphatic imine (C=N–C) groups is 1. The van der Waals surface area contributed by atoms with Crippen LogP contribution in [0.25, 0.3) is 0 Å². The smallest absolute Gasteiger partial charge is 0.251 e. The van der Waals surface area contributed by atoms with Crippen molar-refractivity contribution in [3.63, 3.8) is 0 Å². The Morgan fingerprint density at radius 3 is 2.54 bits per heavy atom. The molecule has 0 aliphatic carbocycles. The third-order valence-electron chi connectivity index (χ3n) is 4.75. The summed E-state index contributed by atoms with van der Waals surface area (Å²) in [6, 6.07) is 7.56. The monoisotopic (exact) mass is 359 g/mol. The zero-order valence-electron chi connectivity index (χ0n) is 15.8. The molecule has 0 saturated carbocycles. The molecule has 0 atom stereocenters. The number of carbonyl (C=O) groups excluding carboxylic acids is 2. The van der Waals surface area contributed by atoms with Crippen molar-refractivity contribution in [1.82, 2.24) is 20.9 Å². The van der Waals surface area contributed by atoms with Crippen molar-refractivity contribution < 1.29 is 9.59 Å². The average Bonchev–Trinajstić information content (AvgIpc) is 2.69. The van der Waals surface area contributed by atoms with Crippen LogP contribution in [-0.2, 0) is 11.3 Å². The van der Waals surface area contributed by atoms with E-state index >= 15 is 0 Å². The van der Waals surface area contributed by atoms with Gasteiger partial charge in [0, 0.05) is 52.8 Å². The number of rotatable bonds is 5. The Bertz CT molecular complexity index is 651. The van der Waals surface area contributed by atoms with Gasteiger partial charge >= 0.3 is 0 Å². The summed E-state index contributed by atoms with van der Waals surface area (Å²) in [6.45, 7) is 2.38. The van der Waals surface area contributed by atoms with Crippen molar-refractivity contribution in [2.75, 3.05) is 34.2 Å². The number of benzene rings is 1. The first kappa shape index (κ1) is 19.8. The maximum absolute atomic E-state index is 11.7. The van der Waals surface area contributed by atoms with Crippen LogP contribution in [0, 0.1) is 5.92 Å². The van der Waals surface area contributed by atoms with E-state index in [1.54, 1.807) is 27.2 Å². The lowest BCUT2D eigenvalue weighted by Crippen LogP contribution is -2.45. The van der Waals surface area contributed by atoms with E-state index in [0.29, 0.717) is 24.4 Å². The molecule has 0 bridgehead atoms. The zero-order chi connectivity index (χ0) is 18.9. The molecule has 1 saturated heterocycles. The predicted octanol–water partition coefficient (Wildman–Crippen LogP) is 0.970. The highest BCUT2D eigenvalue weighted by molar-refractivity contribution is 5.94. The van der Waals surface area contributed by atoms with Gasteiger partial charge in [0.05, 0.1) is 0 Å². The molecule has 0 unspecified atom stereocenters. The van der Waals surface area contributed by atoms with E-state index in [4.69, 9.17) is 0 Å². The van der Waals surface area contributed by atoms with Gasteiger partial charge in [-0.05, 0) is 36.5 Å². The number of hydrogen-bond acceptors (Lipinski definition) is 3. The summed E-state index contributed by atoms with van der Waals surface area (Å²) >= 11 is 0. The molecule has 1 aromatic rings. The van der Waals surface area contributed by atoms with Crippen LogP contribution in [-0.4, -0.2) is 56.9 Å². The highest BCUT2D eigenvalue weighted by atomic mass is 16.2. The zero-order valence-corrected chi connectivity index (χ0v) is 15.8. The molecule has 1 aliphatic heterocycles. The Balaban J connectivity index is 1.87. The summed E-state index contributed by atoms with van der Waals surface area (Å²) in [7, 11) is 5.09. The van der Waals surface area contributed by atoms with E-state index in [1.807, 2.05) is 18.2 Å². The lowest BCUT2D eigenvalue weighted by molar-refractivity contribution is -0.121. The largest absolute Gasteiger partial charge is 0.359 e. The number of nitrogens with one attached hydrogen (secondary N) is 3. The van der Waals surface area contributed by atoms with Crippen molar-refractivity contribution in [1.29, 1.82) is 0 Å². The third-order valence-corrected chi connectivity index (χ3v) is 4.75. The SMILES string of the molecule is CN=C(NCc1cccc(C(=O)NC)c1)N1CCC(CC(=O)NC)CC1. The molecule has 26 heavy (non-hydrogen) atoms.